The number of piperazine rings is 1. The zero-order chi connectivity index (χ0) is 28.1. The second-order valence-electron chi connectivity index (χ2n) is 9.39. The summed E-state index contributed by atoms with van der Waals surface area (Å²) in [4.78, 5) is 40.2. The number of carbonyl (C=O) groups excluding carboxylic acids is 1. The first kappa shape index (κ1) is 27.0. The van der Waals surface area contributed by atoms with Gasteiger partial charge in [0.25, 0.3) is 0 Å². The minimum atomic E-state index is -0.421. The highest BCUT2D eigenvalue weighted by Gasteiger charge is 2.18. The topological polar surface area (TPSA) is 115 Å². The van der Waals surface area contributed by atoms with Crippen molar-refractivity contribution in [3.05, 3.63) is 83.6 Å². The van der Waals surface area contributed by atoms with Crippen LogP contribution in [0.25, 0.3) is 22.2 Å². The van der Waals surface area contributed by atoms with Gasteiger partial charge >= 0.3 is 0 Å². The number of anilines is 4. The van der Waals surface area contributed by atoms with Crippen molar-refractivity contribution in [2.24, 2.45) is 0 Å². The molecule has 0 radical (unpaired) electrons. The van der Waals surface area contributed by atoms with E-state index in [4.69, 9.17) is 4.74 Å². The molecule has 0 bridgehead atoms. The molecule has 4 aromatic rings. The molecule has 1 aliphatic heterocycles. The van der Waals surface area contributed by atoms with Crippen LogP contribution in [0.15, 0.2) is 72.2 Å². The van der Waals surface area contributed by atoms with Crippen LogP contribution in [-0.4, -0.2) is 72.2 Å². The minimum Gasteiger partial charge on any atom is -0.383 e. The Labute approximate surface area is 230 Å². The quantitative estimate of drug-likeness (QED) is 0.274. The Morgan fingerprint density at radius 1 is 1.18 bits per heavy atom. The monoisotopic (exact) mass is 543 g/mol. The SMILES string of the molecule is C=CC(=O)Nc1cccc(-c2cc(=O)[nH]c3cnc(Nc4ccc(N5CCN(CCOC)CC5)cc4F)nc23)c1. The van der Waals surface area contributed by atoms with E-state index in [1.807, 2.05) is 12.1 Å². The molecular weight excluding hydrogens is 513 g/mol. The number of hydrogen-bond acceptors (Lipinski definition) is 8. The number of halogens is 1. The van der Waals surface area contributed by atoms with Gasteiger partial charge in [0, 0.05) is 62.8 Å². The average Bonchev–Trinajstić information content (AvgIpc) is 2.97. The maximum absolute atomic E-state index is 15.2. The first-order valence-corrected chi connectivity index (χ1v) is 12.9. The standard InChI is InChI=1S/C29H30FN7O3/c1-3-26(38)32-20-6-4-5-19(15-20)22-17-27(39)33-25-18-31-29(35-28(22)25)34-24-8-7-21(16-23(24)30)37-11-9-36(10-12-37)13-14-40-2/h3-8,15-18H,1,9-14H2,2H3,(H,32,38)(H,33,39)(H,31,34,35). The van der Waals surface area contributed by atoms with Crippen molar-refractivity contribution < 1.29 is 13.9 Å². The molecule has 2 aromatic carbocycles. The minimum absolute atomic E-state index is 0.176. The van der Waals surface area contributed by atoms with E-state index in [1.54, 1.807) is 31.4 Å². The van der Waals surface area contributed by atoms with Gasteiger partial charge < -0.3 is 25.3 Å². The highest BCUT2D eigenvalue weighted by Crippen LogP contribution is 2.29. The van der Waals surface area contributed by atoms with E-state index in [9.17, 15) is 9.59 Å². The number of benzene rings is 2. The van der Waals surface area contributed by atoms with Crippen LogP contribution in [0.5, 0.6) is 0 Å². The smallest absolute Gasteiger partial charge is 0.249 e. The van der Waals surface area contributed by atoms with Gasteiger partial charge in [-0.1, -0.05) is 18.7 Å². The van der Waals surface area contributed by atoms with E-state index in [2.05, 4.69) is 42.0 Å². The predicted octanol–water partition coefficient (Wildman–Crippen LogP) is 3.76. The lowest BCUT2D eigenvalue weighted by atomic mass is 10.0. The average molecular weight is 544 g/mol. The number of amides is 1. The van der Waals surface area contributed by atoms with Crippen LogP contribution in [0.2, 0.25) is 0 Å². The van der Waals surface area contributed by atoms with E-state index in [-0.39, 0.29) is 23.1 Å². The number of H-pyrrole nitrogens is 1. The molecule has 2 aromatic heterocycles. The summed E-state index contributed by atoms with van der Waals surface area (Å²) in [6.07, 6.45) is 2.66. The van der Waals surface area contributed by atoms with Gasteiger partial charge in [-0.25, -0.2) is 14.4 Å². The number of nitrogens with zero attached hydrogens (tertiary/aromatic N) is 4. The zero-order valence-corrected chi connectivity index (χ0v) is 22.1. The summed E-state index contributed by atoms with van der Waals surface area (Å²) in [7, 11) is 1.70. The van der Waals surface area contributed by atoms with Crippen LogP contribution in [0.1, 0.15) is 0 Å². The summed E-state index contributed by atoms with van der Waals surface area (Å²) in [6, 6.07) is 13.5. The molecule has 3 N–H and O–H groups in total. The Balaban J connectivity index is 1.38. The summed E-state index contributed by atoms with van der Waals surface area (Å²) in [5, 5.41) is 5.68. The number of ether oxygens (including phenoxy) is 1. The first-order valence-electron chi connectivity index (χ1n) is 12.9. The third kappa shape index (κ3) is 6.16. The molecule has 0 spiro atoms. The number of methoxy groups -OCH3 is 1. The van der Waals surface area contributed by atoms with Crippen molar-refractivity contribution in [2.45, 2.75) is 0 Å². The van der Waals surface area contributed by atoms with E-state index >= 15 is 4.39 Å². The van der Waals surface area contributed by atoms with Gasteiger partial charge in [0.05, 0.1) is 24.0 Å². The molecule has 1 amide bonds. The maximum Gasteiger partial charge on any atom is 0.249 e. The fourth-order valence-corrected chi connectivity index (χ4v) is 4.66. The number of carbonyl (C=O) groups is 1. The molecule has 0 saturated carbocycles. The number of fused-ring (bicyclic) bond motifs is 1. The highest BCUT2D eigenvalue weighted by molar-refractivity contribution is 6.00. The van der Waals surface area contributed by atoms with Crippen molar-refractivity contribution in [3.8, 4) is 11.1 Å². The molecule has 10 nitrogen and oxygen atoms in total. The number of nitrogens with one attached hydrogen (secondary N) is 3. The lowest BCUT2D eigenvalue weighted by molar-refractivity contribution is -0.111. The van der Waals surface area contributed by atoms with Crippen molar-refractivity contribution in [1.29, 1.82) is 0 Å². The van der Waals surface area contributed by atoms with Crippen LogP contribution < -0.4 is 21.1 Å². The van der Waals surface area contributed by atoms with Crippen molar-refractivity contribution in [1.82, 2.24) is 19.9 Å². The van der Waals surface area contributed by atoms with Gasteiger partial charge in [0.15, 0.2) is 0 Å². The number of aromatic amines is 1. The number of rotatable bonds is 9. The molecule has 0 atom stereocenters. The molecule has 1 aliphatic rings. The van der Waals surface area contributed by atoms with Crippen LogP contribution >= 0.6 is 0 Å². The third-order valence-corrected chi connectivity index (χ3v) is 6.75. The van der Waals surface area contributed by atoms with Crippen LogP contribution in [0.3, 0.4) is 0 Å². The number of pyridine rings is 1. The molecule has 206 valence electrons. The fraction of sp³-hybridized carbons (Fsp3) is 0.241. The van der Waals surface area contributed by atoms with Gasteiger partial charge in [0.2, 0.25) is 17.4 Å². The van der Waals surface area contributed by atoms with Crippen LogP contribution in [0.4, 0.5) is 27.4 Å². The van der Waals surface area contributed by atoms with Crippen LogP contribution in [-0.2, 0) is 9.53 Å². The lowest BCUT2D eigenvalue weighted by Gasteiger charge is -2.36. The van der Waals surface area contributed by atoms with Crippen molar-refractivity contribution in [3.63, 3.8) is 0 Å². The molecule has 5 rings (SSSR count). The summed E-state index contributed by atoms with van der Waals surface area (Å²) in [5.74, 6) is -0.593. The van der Waals surface area contributed by atoms with E-state index < -0.39 is 5.82 Å². The molecule has 11 heteroatoms. The lowest BCUT2D eigenvalue weighted by Crippen LogP contribution is -2.47. The second kappa shape index (κ2) is 12.1. The Kier molecular flexibility index (Phi) is 8.13. The van der Waals surface area contributed by atoms with Gasteiger partial charge in [-0.15, -0.1) is 0 Å². The molecule has 1 saturated heterocycles. The van der Waals surface area contributed by atoms with Gasteiger partial charge in [-0.05, 0) is 42.0 Å². The zero-order valence-electron chi connectivity index (χ0n) is 22.1. The van der Waals surface area contributed by atoms with Gasteiger partial charge in [-0.3, -0.25) is 14.5 Å². The van der Waals surface area contributed by atoms with E-state index in [1.165, 1.54) is 24.4 Å². The molecule has 3 heterocycles. The summed E-state index contributed by atoms with van der Waals surface area (Å²) in [6.45, 7) is 8.45. The van der Waals surface area contributed by atoms with Gasteiger partial charge in [-0.2, -0.15) is 0 Å². The largest absolute Gasteiger partial charge is 0.383 e. The molecule has 40 heavy (non-hydrogen) atoms. The highest BCUT2D eigenvalue weighted by atomic mass is 19.1. The third-order valence-electron chi connectivity index (χ3n) is 6.75. The first-order chi connectivity index (χ1) is 19.4. The normalized spacial score (nSPS) is 13.8. The Morgan fingerprint density at radius 3 is 2.75 bits per heavy atom. The van der Waals surface area contributed by atoms with Crippen molar-refractivity contribution in [2.75, 3.05) is 62.0 Å². The van der Waals surface area contributed by atoms with E-state index in [0.717, 1.165) is 38.4 Å². The second-order valence-corrected chi connectivity index (χ2v) is 9.39. The molecule has 1 fully saturated rings. The Hall–Kier alpha value is -4.61. The van der Waals surface area contributed by atoms with Crippen LogP contribution in [0, 0.1) is 5.82 Å². The molecular formula is C29H30FN7O3. The maximum atomic E-state index is 15.2. The van der Waals surface area contributed by atoms with Crippen molar-refractivity contribution >= 4 is 40.0 Å². The van der Waals surface area contributed by atoms with E-state index in [0.29, 0.717) is 34.5 Å². The Bertz CT molecular complexity index is 1600. The number of aromatic nitrogens is 3. The predicted molar refractivity (Wildman–Crippen MR) is 155 cm³/mol. The molecule has 0 aliphatic carbocycles. The summed E-state index contributed by atoms with van der Waals surface area (Å²) in [5.41, 5.74) is 3.37. The van der Waals surface area contributed by atoms with Gasteiger partial charge in [0.1, 0.15) is 11.3 Å². The summed E-state index contributed by atoms with van der Waals surface area (Å²) >= 11 is 0. The molecule has 0 unspecified atom stereocenters. The Morgan fingerprint density at radius 2 is 2.00 bits per heavy atom. The summed E-state index contributed by atoms with van der Waals surface area (Å²) < 4.78 is 20.3. The number of hydrogen-bond donors (Lipinski definition) is 3. The fourth-order valence-electron chi connectivity index (χ4n) is 4.66.